The molecule has 19 heavy (non-hydrogen) atoms. The summed E-state index contributed by atoms with van der Waals surface area (Å²) in [6.45, 7) is 2.79. The zero-order chi connectivity index (χ0) is 14.2. The number of nitrogens with zero attached hydrogens (tertiary/aromatic N) is 2. The van der Waals surface area contributed by atoms with Gasteiger partial charge in [-0.05, 0) is 30.6 Å². The van der Waals surface area contributed by atoms with Gasteiger partial charge in [0, 0.05) is 6.07 Å². The first kappa shape index (κ1) is 13.4. The van der Waals surface area contributed by atoms with Crippen LogP contribution in [0.4, 0.5) is 14.6 Å². The molecule has 0 spiro atoms. The monoisotopic (exact) mass is 289 g/mol. The molecule has 1 aromatic heterocycles. The average molecular weight is 289 g/mol. The highest BCUT2D eigenvalue weighted by Gasteiger charge is 2.23. The molecule has 0 aliphatic carbocycles. The van der Waals surface area contributed by atoms with Crippen molar-refractivity contribution in [3.8, 4) is 0 Å². The maximum atomic E-state index is 13.5. The molecule has 2 aromatic rings. The molecule has 0 radical (unpaired) electrons. The van der Waals surface area contributed by atoms with E-state index in [0.29, 0.717) is 6.07 Å². The predicted octanol–water partition coefficient (Wildman–Crippen LogP) is 1.77. The summed E-state index contributed by atoms with van der Waals surface area (Å²) in [5.41, 5.74) is 0.208. The van der Waals surface area contributed by atoms with Crippen LogP contribution in [0.2, 0.25) is 0 Å². The van der Waals surface area contributed by atoms with E-state index in [9.17, 15) is 17.2 Å². The lowest BCUT2D eigenvalue weighted by Gasteiger charge is -2.07. The summed E-state index contributed by atoms with van der Waals surface area (Å²) in [7, 11) is -4.23. The predicted molar refractivity (Wildman–Crippen MR) is 60.9 cm³/mol. The number of hydrogen-bond donors (Lipinski definition) is 1. The first-order valence-electron chi connectivity index (χ1n) is 5.09. The second-order valence-electron chi connectivity index (χ2n) is 3.84. The van der Waals surface area contributed by atoms with E-state index in [1.54, 1.807) is 0 Å². The van der Waals surface area contributed by atoms with Crippen molar-refractivity contribution in [2.75, 3.05) is 4.72 Å². The largest absolute Gasteiger partial charge is 0.266 e. The number of benzene rings is 1. The maximum absolute atomic E-state index is 13.5. The number of anilines is 1. The Bertz CT molecular complexity index is 728. The quantitative estimate of drug-likeness (QED) is 0.930. The summed E-state index contributed by atoms with van der Waals surface area (Å²) in [5.74, 6) is -2.16. The molecule has 0 aliphatic rings. The molecule has 102 valence electrons. The fourth-order valence-electron chi connectivity index (χ4n) is 1.34. The maximum Gasteiger partial charge on any atom is 0.266 e. The minimum Gasteiger partial charge on any atom is -0.259 e. The van der Waals surface area contributed by atoms with Crippen LogP contribution in [0.3, 0.4) is 0 Å². The van der Waals surface area contributed by atoms with Crippen molar-refractivity contribution in [3.63, 3.8) is 0 Å². The van der Waals surface area contributed by atoms with Crippen LogP contribution in [0, 0.1) is 25.5 Å². The fraction of sp³-hybridized carbons (Fsp3) is 0.200. The van der Waals surface area contributed by atoms with Gasteiger partial charge < -0.3 is 0 Å². The molecule has 0 amide bonds. The third-order valence-corrected chi connectivity index (χ3v) is 3.74. The van der Waals surface area contributed by atoms with Gasteiger partial charge in [-0.15, -0.1) is 0 Å². The van der Waals surface area contributed by atoms with Crippen LogP contribution in [0.15, 0.2) is 21.7 Å². The van der Waals surface area contributed by atoms with Gasteiger partial charge in [-0.25, -0.2) is 21.8 Å². The van der Waals surface area contributed by atoms with Crippen molar-refractivity contribution in [2.45, 2.75) is 18.7 Å². The number of hydrogen-bond acceptors (Lipinski definition) is 5. The van der Waals surface area contributed by atoms with Gasteiger partial charge in [0.1, 0.15) is 22.2 Å². The molecule has 0 aliphatic heterocycles. The molecule has 0 saturated heterocycles. The zero-order valence-corrected chi connectivity index (χ0v) is 10.8. The second kappa shape index (κ2) is 4.57. The van der Waals surface area contributed by atoms with Gasteiger partial charge in [0.15, 0.2) is 0 Å². The van der Waals surface area contributed by atoms with E-state index in [2.05, 4.69) is 14.9 Å². The van der Waals surface area contributed by atoms with Gasteiger partial charge in [0.25, 0.3) is 10.0 Å². The van der Waals surface area contributed by atoms with Crippen LogP contribution in [-0.2, 0) is 10.0 Å². The molecule has 2 rings (SSSR count). The lowest BCUT2D eigenvalue weighted by atomic mass is 10.2. The van der Waals surface area contributed by atoms with Crippen LogP contribution in [0.25, 0.3) is 0 Å². The Labute approximate surface area is 107 Å². The molecule has 0 atom stereocenters. The van der Waals surface area contributed by atoms with Crippen LogP contribution < -0.4 is 4.72 Å². The van der Waals surface area contributed by atoms with E-state index in [-0.39, 0.29) is 17.1 Å². The van der Waals surface area contributed by atoms with E-state index < -0.39 is 26.6 Å². The van der Waals surface area contributed by atoms with Crippen molar-refractivity contribution in [1.82, 2.24) is 10.3 Å². The molecule has 0 unspecified atom stereocenters. The third kappa shape index (κ3) is 2.55. The van der Waals surface area contributed by atoms with Gasteiger partial charge in [-0.1, -0.05) is 5.16 Å². The van der Waals surface area contributed by atoms with Crippen molar-refractivity contribution >= 4 is 15.8 Å². The second-order valence-corrected chi connectivity index (χ2v) is 5.49. The molecule has 1 aromatic carbocycles. The summed E-state index contributed by atoms with van der Waals surface area (Å²) in [5, 5.41) is 6.70. The zero-order valence-electron chi connectivity index (χ0n) is 9.94. The molecule has 1 N–H and O–H groups in total. The first-order valence-corrected chi connectivity index (χ1v) is 6.57. The first-order chi connectivity index (χ1) is 8.81. The van der Waals surface area contributed by atoms with Gasteiger partial charge in [-0.2, -0.15) is 0 Å². The van der Waals surface area contributed by atoms with E-state index in [1.165, 1.54) is 13.8 Å². The SMILES string of the molecule is Cc1cc(S(=O)(=O)Nc2nonc2C)c(F)cc1F. The van der Waals surface area contributed by atoms with E-state index in [4.69, 9.17) is 0 Å². The molecule has 0 saturated carbocycles. The Morgan fingerprint density at radius 2 is 1.84 bits per heavy atom. The molecule has 9 heteroatoms. The molecule has 6 nitrogen and oxygen atoms in total. The normalized spacial score (nSPS) is 11.6. The van der Waals surface area contributed by atoms with Gasteiger partial charge in [-0.3, -0.25) is 4.72 Å². The highest BCUT2D eigenvalue weighted by molar-refractivity contribution is 7.92. The van der Waals surface area contributed by atoms with E-state index >= 15 is 0 Å². The highest BCUT2D eigenvalue weighted by atomic mass is 32.2. The van der Waals surface area contributed by atoms with Gasteiger partial charge in [0.05, 0.1) is 0 Å². The number of rotatable bonds is 3. The summed E-state index contributed by atoms with van der Waals surface area (Å²) < 4.78 is 56.9. The standard InChI is InChI=1S/C10H9F2N3O3S/c1-5-3-9(8(12)4-7(5)11)19(16,17)15-10-6(2)13-18-14-10/h3-4H,1-2H3,(H,14,15). The number of aromatic nitrogens is 2. The van der Waals surface area contributed by atoms with Crippen molar-refractivity contribution in [2.24, 2.45) is 0 Å². The van der Waals surface area contributed by atoms with Crippen molar-refractivity contribution < 1.29 is 21.8 Å². The molecular formula is C10H9F2N3O3S. The Hall–Kier alpha value is -2.03. The highest BCUT2D eigenvalue weighted by Crippen LogP contribution is 2.21. The van der Waals surface area contributed by atoms with Crippen LogP contribution in [0.5, 0.6) is 0 Å². The average Bonchev–Trinajstić information content (AvgIpc) is 2.69. The summed E-state index contributed by atoms with van der Waals surface area (Å²) in [6.07, 6.45) is 0. The smallest absolute Gasteiger partial charge is 0.259 e. The molecule has 0 bridgehead atoms. The van der Waals surface area contributed by atoms with E-state index in [1.807, 2.05) is 4.72 Å². The van der Waals surface area contributed by atoms with Crippen molar-refractivity contribution in [1.29, 1.82) is 0 Å². The molecule has 1 heterocycles. The Balaban J connectivity index is 2.46. The Kier molecular flexibility index (Phi) is 3.23. The lowest BCUT2D eigenvalue weighted by molar-refractivity contribution is 0.306. The number of halogens is 2. The number of nitrogens with one attached hydrogen (secondary N) is 1. The van der Waals surface area contributed by atoms with Gasteiger partial charge >= 0.3 is 0 Å². The minimum atomic E-state index is -4.23. The minimum absolute atomic E-state index is 0.0109. The molecular weight excluding hydrogens is 280 g/mol. The Morgan fingerprint density at radius 3 is 2.42 bits per heavy atom. The number of sulfonamides is 1. The van der Waals surface area contributed by atoms with Crippen LogP contribution >= 0.6 is 0 Å². The summed E-state index contributed by atoms with van der Waals surface area (Å²) >= 11 is 0. The van der Waals surface area contributed by atoms with Crippen LogP contribution in [0.1, 0.15) is 11.3 Å². The summed E-state index contributed by atoms with van der Waals surface area (Å²) in [4.78, 5) is -0.672. The van der Waals surface area contributed by atoms with E-state index in [0.717, 1.165) is 6.07 Å². The van der Waals surface area contributed by atoms with Gasteiger partial charge in [0.2, 0.25) is 5.82 Å². The summed E-state index contributed by atoms with van der Waals surface area (Å²) in [6, 6.07) is 1.41. The lowest BCUT2D eigenvalue weighted by Crippen LogP contribution is -2.16. The topological polar surface area (TPSA) is 85.1 Å². The molecule has 0 fully saturated rings. The Morgan fingerprint density at radius 1 is 1.16 bits per heavy atom. The van der Waals surface area contributed by atoms with Crippen molar-refractivity contribution in [3.05, 3.63) is 35.0 Å². The van der Waals surface area contributed by atoms with Crippen LogP contribution in [-0.4, -0.2) is 18.7 Å². The third-order valence-electron chi connectivity index (χ3n) is 2.39. The fourth-order valence-corrected chi connectivity index (χ4v) is 2.54. The number of aryl methyl sites for hydroxylation is 2.